The number of fused-ring (bicyclic) bond motifs is 1. The van der Waals surface area contributed by atoms with Gasteiger partial charge in [0, 0.05) is 11.3 Å². The SMILES string of the molecule is CC1(C)C(=O)NN=C1c1ccc(-c2nc3c([nH]2)CCCC3)cc1. The van der Waals surface area contributed by atoms with Crippen LogP contribution in [0.2, 0.25) is 0 Å². The molecule has 118 valence electrons. The van der Waals surface area contributed by atoms with E-state index in [4.69, 9.17) is 4.98 Å². The van der Waals surface area contributed by atoms with Crippen LogP contribution >= 0.6 is 0 Å². The molecule has 0 spiro atoms. The number of hydrogen-bond acceptors (Lipinski definition) is 3. The van der Waals surface area contributed by atoms with Gasteiger partial charge in [0.05, 0.1) is 16.8 Å². The molecule has 23 heavy (non-hydrogen) atoms. The molecule has 1 aromatic heterocycles. The van der Waals surface area contributed by atoms with Crippen molar-refractivity contribution in [3.63, 3.8) is 0 Å². The molecular weight excluding hydrogens is 288 g/mol. The van der Waals surface area contributed by atoms with Gasteiger partial charge in [-0.2, -0.15) is 5.10 Å². The summed E-state index contributed by atoms with van der Waals surface area (Å²) in [6.07, 6.45) is 4.64. The summed E-state index contributed by atoms with van der Waals surface area (Å²) in [4.78, 5) is 20.0. The van der Waals surface area contributed by atoms with Crippen LogP contribution < -0.4 is 5.43 Å². The number of aromatic nitrogens is 2. The van der Waals surface area contributed by atoms with E-state index >= 15 is 0 Å². The van der Waals surface area contributed by atoms with Gasteiger partial charge in [0.2, 0.25) is 0 Å². The Morgan fingerprint density at radius 2 is 1.74 bits per heavy atom. The van der Waals surface area contributed by atoms with Crippen molar-refractivity contribution in [1.82, 2.24) is 15.4 Å². The minimum atomic E-state index is -0.592. The fourth-order valence-electron chi connectivity index (χ4n) is 3.30. The van der Waals surface area contributed by atoms with Crippen LogP contribution in [0.15, 0.2) is 29.4 Å². The second-order valence-corrected chi connectivity index (χ2v) is 6.82. The number of H-pyrrole nitrogens is 1. The number of nitrogens with one attached hydrogen (secondary N) is 2. The van der Waals surface area contributed by atoms with Crippen LogP contribution in [0.3, 0.4) is 0 Å². The smallest absolute Gasteiger partial charge is 0.251 e. The Labute approximate surface area is 135 Å². The van der Waals surface area contributed by atoms with E-state index in [2.05, 4.69) is 15.5 Å². The summed E-state index contributed by atoms with van der Waals surface area (Å²) in [5, 5.41) is 4.19. The van der Waals surface area contributed by atoms with Crippen molar-refractivity contribution in [2.45, 2.75) is 39.5 Å². The van der Waals surface area contributed by atoms with Crippen LogP contribution in [-0.4, -0.2) is 21.6 Å². The van der Waals surface area contributed by atoms with E-state index in [1.807, 2.05) is 38.1 Å². The Morgan fingerprint density at radius 1 is 1.04 bits per heavy atom. The van der Waals surface area contributed by atoms with Gasteiger partial charge in [0.1, 0.15) is 5.82 Å². The van der Waals surface area contributed by atoms with Crippen LogP contribution in [0.25, 0.3) is 11.4 Å². The average molecular weight is 308 g/mol. The van der Waals surface area contributed by atoms with Gasteiger partial charge in [-0.15, -0.1) is 0 Å². The molecule has 0 atom stereocenters. The number of carbonyl (C=O) groups excluding carboxylic acids is 1. The van der Waals surface area contributed by atoms with Gasteiger partial charge in [-0.3, -0.25) is 4.79 Å². The van der Waals surface area contributed by atoms with Crippen molar-refractivity contribution in [2.24, 2.45) is 10.5 Å². The minimum Gasteiger partial charge on any atom is -0.342 e. The second kappa shape index (κ2) is 5.05. The van der Waals surface area contributed by atoms with E-state index in [0.717, 1.165) is 35.5 Å². The van der Waals surface area contributed by atoms with Gasteiger partial charge >= 0.3 is 0 Å². The molecule has 1 aliphatic heterocycles. The maximum absolute atomic E-state index is 11.8. The molecule has 2 aliphatic rings. The Bertz CT molecular complexity index is 775. The lowest BCUT2D eigenvalue weighted by atomic mass is 9.83. The lowest BCUT2D eigenvalue weighted by molar-refractivity contribution is -0.125. The number of hydrogen-bond donors (Lipinski definition) is 2. The summed E-state index contributed by atoms with van der Waals surface area (Å²) in [5.41, 5.74) is 7.29. The Morgan fingerprint density at radius 3 is 2.39 bits per heavy atom. The van der Waals surface area contributed by atoms with Crippen molar-refractivity contribution in [1.29, 1.82) is 0 Å². The number of hydrazone groups is 1. The van der Waals surface area contributed by atoms with Crippen molar-refractivity contribution in [3.8, 4) is 11.4 Å². The summed E-state index contributed by atoms with van der Waals surface area (Å²) < 4.78 is 0. The zero-order chi connectivity index (χ0) is 16.0. The van der Waals surface area contributed by atoms with E-state index in [1.54, 1.807) is 0 Å². The van der Waals surface area contributed by atoms with Crippen molar-refractivity contribution >= 4 is 11.6 Å². The molecule has 0 saturated heterocycles. The molecule has 4 rings (SSSR count). The normalized spacial score (nSPS) is 19.2. The van der Waals surface area contributed by atoms with E-state index in [-0.39, 0.29) is 5.91 Å². The first kappa shape index (κ1) is 14.2. The molecule has 0 fully saturated rings. The quantitative estimate of drug-likeness (QED) is 0.895. The minimum absolute atomic E-state index is 0.0599. The largest absolute Gasteiger partial charge is 0.342 e. The molecule has 0 radical (unpaired) electrons. The van der Waals surface area contributed by atoms with Crippen LogP contribution in [-0.2, 0) is 17.6 Å². The highest BCUT2D eigenvalue weighted by Crippen LogP contribution is 2.29. The summed E-state index contributed by atoms with van der Waals surface area (Å²) >= 11 is 0. The lowest BCUT2D eigenvalue weighted by Crippen LogP contribution is -2.32. The molecule has 0 bridgehead atoms. The first-order valence-electron chi connectivity index (χ1n) is 8.13. The molecule has 1 aromatic carbocycles. The van der Waals surface area contributed by atoms with Gasteiger partial charge in [-0.05, 0) is 45.1 Å². The monoisotopic (exact) mass is 308 g/mol. The third kappa shape index (κ3) is 2.27. The predicted molar refractivity (Wildman–Crippen MR) is 89.1 cm³/mol. The maximum Gasteiger partial charge on any atom is 0.251 e. The molecule has 5 heteroatoms. The van der Waals surface area contributed by atoms with E-state index in [0.29, 0.717) is 0 Å². The van der Waals surface area contributed by atoms with Crippen molar-refractivity contribution < 1.29 is 4.79 Å². The Kier molecular flexibility index (Phi) is 3.11. The first-order valence-corrected chi connectivity index (χ1v) is 8.13. The summed E-state index contributed by atoms with van der Waals surface area (Å²) in [6.45, 7) is 3.78. The fraction of sp³-hybridized carbons (Fsp3) is 0.389. The Balaban J connectivity index is 1.64. The lowest BCUT2D eigenvalue weighted by Gasteiger charge is -2.16. The molecule has 2 heterocycles. The molecule has 0 unspecified atom stereocenters. The zero-order valence-electron chi connectivity index (χ0n) is 13.4. The van der Waals surface area contributed by atoms with Gasteiger partial charge in [0.25, 0.3) is 5.91 Å². The summed E-state index contributed by atoms with van der Waals surface area (Å²) in [7, 11) is 0. The molecule has 2 aromatic rings. The standard InChI is InChI=1S/C18H20N4O/c1-18(2)15(21-22-17(18)23)11-7-9-12(10-8-11)16-19-13-5-3-4-6-14(13)20-16/h7-10H,3-6H2,1-2H3,(H,19,20)(H,22,23). The van der Waals surface area contributed by atoms with E-state index in [9.17, 15) is 4.79 Å². The number of rotatable bonds is 2. The average Bonchev–Trinajstić information content (AvgIpc) is 3.09. The number of imidazole rings is 1. The van der Waals surface area contributed by atoms with Gasteiger partial charge in [-0.25, -0.2) is 10.4 Å². The highest BCUT2D eigenvalue weighted by Gasteiger charge is 2.39. The van der Waals surface area contributed by atoms with Crippen LogP contribution in [0.1, 0.15) is 43.6 Å². The van der Waals surface area contributed by atoms with Crippen molar-refractivity contribution in [3.05, 3.63) is 41.2 Å². The molecule has 5 nitrogen and oxygen atoms in total. The number of amides is 1. The van der Waals surface area contributed by atoms with Crippen LogP contribution in [0.4, 0.5) is 0 Å². The number of carbonyl (C=O) groups is 1. The first-order chi connectivity index (χ1) is 11.1. The summed E-state index contributed by atoms with van der Waals surface area (Å²) in [6, 6.07) is 8.11. The highest BCUT2D eigenvalue weighted by molar-refractivity contribution is 6.19. The number of benzene rings is 1. The molecule has 0 saturated carbocycles. The van der Waals surface area contributed by atoms with Gasteiger partial charge < -0.3 is 4.98 Å². The number of nitrogens with zero attached hydrogens (tertiary/aromatic N) is 2. The Hall–Kier alpha value is -2.43. The van der Waals surface area contributed by atoms with Gasteiger partial charge in [0.15, 0.2) is 0 Å². The molecule has 1 aliphatic carbocycles. The van der Waals surface area contributed by atoms with Crippen molar-refractivity contribution in [2.75, 3.05) is 0 Å². The predicted octanol–water partition coefficient (Wildman–Crippen LogP) is 2.82. The molecular formula is C18H20N4O. The van der Waals surface area contributed by atoms with Gasteiger partial charge in [-0.1, -0.05) is 24.3 Å². The maximum atomic E-state index is 11.8. The summed E-state index contributed by atoms with van der Waals surface area (Å²) in [5.74, 6) is 0.876. The topological polar surface area (TPSA) is 70.1 Å². The number of aryl methyl sites for hydroxylation is 2. The number of aromatic amines is 1. The fourth-order valence-corrected chi connectivity index (χ4v) is 3.30. The third-order valence-corrected chi connectivity index (χ3v) is 4.82. The molecule has 2 N–H and O–H groups in total. The van der Waals surface area contributed by atoms with E-state index < -0.39 is 5.41 Å². The molecule has 1 amide bonds. The second-order valence-electron chi connectivity index (χ2n) is 6.82. The third-order valence-electron chi connectivity index (χ3n) is 4.82. The van der Waals surface area contributed by atoms with Crippen LogP contribution in [0.5, 0.6) is 0 Å². The van der Waals surface area contributed by atoms with Crippen LogP contribution in [0, 0.1) is 5.41 Å². The highest BCUT2D eigenvalue weighted by atomic mass is 16.2. The van der Waals surface area contributed by atoms with E-state index in [1.165, 1.54) is 24.2 Å². The zero-order valence-corrected chi connectivity index (χ0v) is 13.4.